The van der Waals surface area contributed by atoms with E-state index in [1.807, 2.05) is 35.2 Å². The number of aromatic amines is 1. The lowest BCUT2D eigenvalue weighted by Crippen LogP contribution is -2.49. The molecule has 4 heterocycles. The predicted octanol–water partition coefficient (Wildman–Crippen LogP) is 1.46. The molecule has 5 rings (SSSR count). The van der Waals surface area contributed by atoms with E-state index in [2.05, 4.69) is 9.97 Å². The summed E-state index contributed by atoms with van der Waals surface area (Å²) >= 11 is 0. The van der Waals surface area contributed by atoms with Gasteiger partial charge in [-0.3, -0.25) is 14.4 Å². The Hall–Kier alpha value is -2.96. The summed E-state index contributed by atoms with van der Waals surface area (Å²) in [6.07, 6.45) is 3.17. The van der Waals surface area contributed by atoms with Crippen LogP contribution >= 0.6 is 0 Å². The van der Waals surface area contributed by atoms with Gasteiger partial charge < -0.3 is 14.8 Å². The Labute approximate surface area is 157 Å². The number of H-pyrrole nitrogens is 1. The minimum absolute atomic E-state index is 0.00310. The van der Waals surface area contributed by atoms with Crippen LogP contribution in [0.1, 0.15) is 39.4 Å². The van der Waals surface area contributed by atoms with Gasteiger partial charge in [0.1, 0.15) is 11.4 Å². The first-order valence-corrected chi connectivity index (χ1v) is 9.24. The molecular weight excluding hydrogens is 344 g/mol. The molecule has 2 atom stereocenters. The molecule has 0 unspecified atom stereocenters. The van der Waals surface area contributed by atoms with Crippen molar-refractivity contribution in [1.29, 1.82) is 0 Å². The number of carbonyl (C=O) groups excluding carboxylic acids is 2. The molecule has 0 spiro atoms. The van der Waals surface area contributed by atoms with Crippen molar-refractivity contribution < 1.29 is 9.59 Å². The first kappa shape index (κ1) is 17.5. The Morgan fingerprint density at radius 1 is 1.07 bits per heavy atom. The van der Waals surface area contributed by atoms with Gasteiger partial charge in [-0.15, -0.1) is 0 Å². The Kier molecular flexibility index (Phi) is 4.51. The summed E-state index contributed by atoms with van der Waals surface area (Å²) in [6, 6.07) is 9.14. The Morgan fingerprint density at radius 3 is 2.59 bits per heavy atom. The number of piperidine rings is 1. The number of hydrogen-bond donors (Lipinski definition) is 1. The molecule has 7 heteroatoms. The van der Waals surface area contributed by atoms with Crippen molar-refractivity contribution in [2.45, 2.75) is 25.8 Å². The molecule has 1 N–H and O–H groups in total. The second-order valence-electron chi connectivity index (χ2n) is 7.34. The number of benzene rings is 1. The normalized spacial score (nSPS) is 21.8. The number of nitrogens with one attached hydrogen (secondary N) is 1. The molecule has 7 nitrogen and oxygen atoms in total. The molecule has 3 aliphatic rings. The highest BCUT2D eigenvalue weighted by atomic mass is 16.2. The van der Waals surface area contributed by atoms with Crippen molar-refractivity contribution in [1.82, 2.24) is 19.8 Å². The molecule has 1 aromatic heterocycles. The fourth-order valence-electron chi connectivity index (χ4n) is 4.05. The molecule has 1 aromatic carbocycles. The largest absolute Gasteiger partial charge is 0.336 e. The minimum atomic E-state index is -0.412. The Balaban J connectivity index is 1.57. The van der Waals surface area contributed by atoms with Gasteiger partial charge >= 0.3 is 0 Å². The number of aryl methyl sites for hydroxylation is 1. The smallest absolute Gasteiger partial charge is 0.263 e. The fourth-order valence-corrected chi connectivity index (χ4v) is 4.05. The van der Waals surface area contributed by atoms with E-state index >= 15 is 0 Å². The molecule has 140 valence electrons. The van der Waals surface area contributed by atoms with Crippen LogP contribution in [0.15, 0.2) is 41.3 Å². The second kappa shape index (κ2) is 6.98. The summed E-state index contributed by atoms with van der Waals surface area (Å²) < 4.78 is 0. The first-order valence-electron chi connectivity index (χ1n) is 9.24. The van der Waals surface area contributed by atoms with Crippen molar-refractivity contribution in [3.63, 3.8) is 0 Å². The molecule has 3 fully saturated rings. The third kappa shape index (κ3) is 3.37. The van der Waals surface area contributed by atoms with Gasteiger partial charge in [-0.1, -0.05) is 18.2 Å². The lowest BCUT2D eigenvalue weighted by Gasteiger charge is -2.35. The molecule has 2 aromatic rings. The van der Waals surface area contributed by atoms with Gasteiger partial charge in [0.05, 0.1) is 0 Å². The Bertz CT molecular complexity index is 924. The molecule has 0 radical (unpaired) electrons. The summed E-state index contributed by atoms with van der Waals surface area (Å²) in [7, 11) is 0. The maximum Gasteiger partial charge on any atom is 0.263 e. The maximum atomic E-state index is 13.0. The quantitative estimate of drug-likeness (QED) is 0.872. The van der Waals surface area contributed by atoms with Crippen LogP contribution in [-0.4, -0.2) is 57.3 Å². The average Bonchev–Trinajstić information content (AvgIpc) is 2.99. The molecule has 2 amide bonds. The van der Waals surface area contributed by atoms with Gasteiger partial charge in [0, 0.05) is 37.4 Å². The van der Waals surface area contributed by atoms with E-state index in [9.17, 15) is 14.4 Å². The van der Waals surface area contributed by atoms with Gasteiger partial charge in [0.25, 0.3) is 17.4 Å². The zero-order chi connectivity index (χ0) is 19.0. The van der Waals surface area contributed by atoms with Crippen LogP contribution in [0.25, 0.3) is 0 Å². The van der Waals surface area contributed by atoms with Gasteiger partial charge in [-0.25, -0.2) is 4.98 Å². The minimum Gasteiger partial charge on any atom is -0.336 e. The first-order chi connectivity index (χ1) is 13.0. The monoisotopic (exact) mass is 366 g/mol. The van der Waals surface area contributed by atoms with Gasteiger partial charge in [-0.2, -0.15) is 0 Å². The summed E-state index contributed by atoms with van der Waals surface area (Å²) in [6.45, 7) is 3.37. The predicted molar refractivity (Wildman–Crippen MR) is 99.5 cm³/mol. The van der Waals surface area contributed by atoms with E-state index in [0.29, 0.717) is 31.0 Å². The van der Waals surface area contributed by atoms with Crippen molar-refractivity contribution in [2.75, 3.05) is 19.6 Å². The number of rotatable bonds is 2. The van der Waals surface area contributed by atoms with E-state index in [4.69, 9.17) is 0 Å². The Morgan fingerprint density at radius 2 is 1.85 bits per heavy atom. The van der Waals surface area contributed by atoms with Crippen LogP contribution in [0, 0.1) is 12.8 Å². The van der Waals surface area contributed by atoms with Crippen LogP contribution in [-0.2, 0) is 0 Å². The number of nitrogens with zero attached hydrogens (tertiary/aromatic N) is 3. The van der Waals surface area contributed by atoms with Gasteiger partial charge in [-0.05, 0) is 37.8 Å². The molecular formula is C20H22N4O3. The van der Waals surface area contributed by atoms with Crippen molar-refractivity contribution in [3.05, 3.63) is 63.8 Å². The van der Waals surface area contributed by atoms with Gasteiger partial charge in [0.2, 0.25) is 0 Å². The standard InChI is InChI=1S/C20H22N4O3/c1-13-21-9-17(18(25)22-13)20(27)24-11-14-7-8-16(24)12-23(10-14)19(26)15-5-3-2-4-6-15/h2-6,9,14,16H,7-8,10-12H2,1H3,(H,21,22,25)/t14-,16+/m0/s1. The molecule has 27 heavy (non-hydrogen) atoms. The molecule has 2 bridgehead atoms. The number of hydrogen-bond acceptors (Lipinski definition) is 4. The van der Waals surface area contributed by atoms with Crippen LogP contribution in [0.2, 0.25) is 0 Å². The SMILES string of the molecule is Cc1ncc(C(=O)N2C[C@H]3CC[C@@H]2CN(C(=O)c2ccccc2)C3)c(=O)[nH]1. The lowest BCUT2D eigenvalue weighted by molar-refractivity contribution is 0.0572. The molecule has 0 aliphatic carbocycles. The van der Waals surface area contributed by atoms with Crippen LogP contribution in [0.3, 0.4) is 0 Å². The highest BCUT2D eigenvalue weighted by Gasteiger charge is 2.39. The summed E-state index contributed by atoms with van der Waals surface area (Å²) in [5.74, 6) is 0.399. The van der Waals surface area contributed by atoms with Crippen molar-refractivity contribution >= 4 is 11.8 Å². The summed E-state index contributed by atoms with van der Waals surface area (Å²) in [4.78, 5) is 48.3. The molecule has 3 aliphatic heterocycles. The number of amides is 2. The topological polar surface area (TPSA) is 86.4 Å². The highest BCUT2D eigenvalue weighted by molar-refractivity contribution is 5.95. The zero-order valence-electron chi connectivity index (χ0n) is 15.2. The van der Waals surface area contributed by atoms with E-state index in [-0.39, 0.29) is 29.3 Å². The third-order valence-electron chi connectivity index (χ3n) is 5.44. The highest BCUT2D eigenvalue weighted by Crippen LogP contribution is 2.29. The summed E-state index contributed by atoms with van der Waals surface area (Å²) in [5, 5.41) is 0. The van der Waals surface area contributed by atoms with E-state index in [0.717, 1.165) is 12.8 Å². The maximum absolute atomic E-state index is 13.0. The third-order valence-corrected chi connectivity index (χ3v) is 5.44. The van der Waals surface area contributed by atoms with E-state index in [1.165, 1.54) is 6.20 Å². The second-order valence-corrected chi connectivity index (χ2v) is 7.34. The lowest BCUT2D eigenvalue weighted by atomic mass is 9.94. The van der Waals surface area contributed by atoms with Crippen molar-refractivity contribution in [3.8, 4) is 0 Å². The summed E-state index contributed by atoms with van der Waals surface area (Å²) in [5.41, 5.74) is 0.315. The van der Waals surface area contributed by atoms with Crippen LogP contribution in [0.4, 0.5) is 0 Å². The number of fused-ring (bicyclic) bond motifs is 4. The van der Waals surface area contributed by atoms with Gasteiger partial charge in [0.15, 0.2) is 0 Å². The number of aromatic nitrogens is 2. The average molecular weight is 366 g/mol. The zero-order valence-corrected chi connectivity index (χ0v) is 15.2. The molecule has 3 saturated heterocycles. The van der Waals surface area contributed by atoms with Crippen LogP contribution in [0.5, 0.6) is 0 Å². The number of carbonyl (C=O) groups is 2. The molecule has 0 saturated carbocycles. The van der Waals surface area contributed by atoms with E-state index in [1.54, 1.807) is 11.8 Å². The van der Waals surface area contributed by atoms with Crippen LogP contribution < -0.4 is 5.56 Å². The van der Waals surface area contributed by atoms with E-state index < -0.39 is 5.56 Å². The fraction of sp³-hybridized carbons (Fsp3) is 0.400. The van der Waals surface area contributed by atoms with Crippen molar-refractivity contribution in [2.24, 2.45) is 5.92 Å².